The van der Waals surface area contributed by atoms with E-state index in [4.69, 9.17) is 0 Å². The van der Waals surface area contributed by atoms with Crippen LogP contribution < -0.4 is 10.6 Å². The molecular formula is C16H22N4O. The predicted molar refractivity (Wildman–Crippen MR) is 82.9 cm³/mol. The van der Waals surface area contributed by atoms with Crippen molar-refractivity contribution in [2.45, 2.75) is 19.9 Å². The summed E-state index contributed by atoms with van der Waals surface area (Å²) >= 11 is 0. The van der Waals surface area contributed by atoms with E-state index in [1.165, 1.54) is 5.56 Å². The fraction of sp³-hybridized carbons (Fsp3) is 0.375. The molecule has 2 aromatic rings. The summed E-state index contributed by atoms with van der Waals surface area (Å²) in [6.45, 7) is 4.17. The van der Waals surface area contributed by atoms with Crippen LogP contribution in [0.3, 0.4) is 0 Å². The first kappa shape index (κ1) is 15.1. The van der Waals surface area contributed by atoms with Gasteiger partial charge in [-0.1, -0.05) is 37.3 Å². The van der Waals surface area contributed by atoms with Crippen LogP contribution in [0.25, 0.3) is 0 Å². The minimum Gasteiger partial charge on any atom is -0.338 e. The van der Waals surface area contributed by atoms with Crippen molar-refractivity contribution in [1.29, 1.82) is 0 Å². The van der Waals surface area contributed by atoms with Gasteiger partial charge >= 0.3 is 6.03 Å². The van der Waals surface area contributed by atoms with Crippen LogP contribution in [-0.2, 0) is 13.0 Å². The summed E-state index contributed by atoms with van der Waals surface area (Å²) in [5, 5.41) is 9.92. The molecule has 1 atom stereocenters. The molecule has 1 unspecified atom stereocenters. The van der Waals surface area contributed by atoms with E-state index < -0.39 is 0 Å². The van der Waals surface area contributed by atoms with Gasteiger partial charge in [0.15, 0.2) is 0 Å². The van der Waals surface area contributed by atoms with Crippen LogP contribution >= 0.6 is 0 Å². The maximum Gasteiger partial charge on any atom is 0.314 e. The van der Waals surface area contributed by atoms with E-state index in [-0.39, 0.29) is 6.03 Å². The SMILES string of the molecule is CC(CNC(=O)NCCc1ccccc1)Cn1cccn1. The molecule has 5 heteroatoms. The lowest BCUT2D eigenvalue weighted by Gasteiger charge is -2.13. The first-order valence-electron chi connectivity index (χ1n) is 7.27. The van der Waals surface area contributed by atoms with Gasteiger partial charge < -0.3 is 10.6 Å². The fourth-order valence-corrected chi connectivity index (χ4v) is 2.09. The Hall–Kier alpha value is -2.30. The van der Waals surface area contributed by atoms with Crippen LogP contribution in [0.2, 0.25) is 0 Å². The monoisotopic (exact) mass is 286 g/mol. The maximum absolute atomic E-state index is 11.7. The Balaban J connectivity index is 1.59. The average molecular weight is 286 g/mol. The number of amides is 2. The quantitative estimate of drug-likeness (QED) is 0.818. The first-order chi connectivity index (χ1) is 10.2. The van der Waals surface area contributed by atoms with Gasteiger partial charge in [-0.05, 0) is 24.0 Å². The molecule has 0 radical (unpaired) electrons. The highest BCUT2D eigenvalue weighted by molar-refractivity contribution is 5.73. The molecule has 0 aliphatic heterocycles. The molecule has 2 rings (SSSR count). The fourth-order valence-electron chi connectivity index (χ4n) is 2.09. The Labute approximate surface area is 125 Å². The second-order valence-corrected chi connectivity index (χ2v) is 5.21. The minimum atomic E-state index is -0.113. The summed E-state index contributed by atoms with van der Waals surface area (Å²) in [6, 6.07) is 11.9. The Bertz CT molecular complexity index is 524. The third-order valence-corrected chi connectivity index (χ3v) is 3.21. The zero-order chi connectivity index (χ0) is 14.9. The van der Waals surface area contributed by atoms with Gasteiger partial charge in [0.1, 0.15) is 0 Å². The van der Waals surface area contributed by atoms with Crippen molar-refractivity contribution in [3.8, 4) is 0 Å². The van der Waals surface area contributed by atoms with E-state index in [1.54, 1.807) is 6.20 Å². The molecule has 1 heterocycles. The standard InChI is InChI=1S/C16H22N4O/c1-14(13-20-11-5-9-19-20)12-18-16(21)17-10-8-15-6-3-2-4-7-15/h2-7,9,11,14H,8,10,12-13H2,1H3,(H2,17,18,21). The molecule has 5 nitrogen and oxygen atoms in total. The number of carbonyl (C=O) groups is 1. The predicted octanol–water partition coefficient (Wildman–Crippen LogP) is 2.06. The zero-order valence-electron chi connectivity index (χ0n) is 12.3. The Morgan fingerprint density at radius 2 is 2.05 bits per heavy atom. The lowest BCUT2D eigenvalue weighted by molar-refractivity contribution is 0.238. The molecule has 0 bridgehead atoms. The van der Waals surface area contributed by atoms with Gasteiger partial charge in [-0.25, -0.2) is 4.79 Å². The van der Waals surface area contributed by atoms with Gasteiger partial charge in [0.05, 0.1) is 0 Å². The van der Waals surface area contributed by atoms with Crippen LogP contribution in [0.1, 0.15) is 12.5 Å². The molecule has 0 saturated carbocycles. The van der Waals surface area contributed by atoms with Crippen molar-refractivity contribution >= 4 is 6.03 Å². The van der Waals surface area contributed by atoms with E-state index >= 15 is 0 Å². The number of urea groups is 1. The Morgan fingerprint density at radius 3 is 2.76 bits per heavy atom. The molecule has 21 heavy (non-hydrogen) atoms. The summed E-state index contributed by atoms with van der Waals surface area (Å²) in [7, 11) is 0. The van der Waals surface area contributed by atoms with Gasteiger partial charge in [0, 0.05) is 32.0 Å². The van der Waals surface area contributed by atoms with Crippen LogP contribution in [0.15, 0.2) is 48.8 Å². The van der Waals surface area contributed by atoms with Crippen molar-refractivity contribution in [2.75, 3.05) is 13.1 Å². The molecule has 1 aromatic carbocycles. The smallest absolute Gasteiger partial charge is 0.314 e. The molecule has 112 valence electrons. The average Bonchev–Trinajstić information content (AvgIpc) is 2.99. The van der Waals surface area contributed by atoms with Gasteiger partial charge in [-0.2, -0.15) is 5.10 Å². The summed E-state index contributed by atoms with van der Waals surface area (Å²) in [6.07, 6.45) is 4.53. The Morgan fingerprint density at radius 1 is 1.24 bits per heavy atom. The minimum absolute atomic E-state index is 0.113. The number of hydrogen-bond acceptors (Lipinski definition) is 2. The van der Waals surface area contributed by atoms with Crippen molar-refractivity contribution in [3.63, 3.8) is 0 Å². The zero-order valence-corrected chi connectivity index (χ0v) is 12.3. The summed E-state index contributed by atoms with van der Waals surface area (Å²) in [5.41, 5.74) is 1.23. The highest BCUT2D eigenvalue weighted by Crippen LogP contribution is 1.99. The van der Waals surface area contributed by atoms with Gasteiger partial charge in [-0.3, -0.25) is 4.68 Å². The van der Waals surface area contributed by atoms with Crippen LogP contribution in [-0.4, -0.2) is 28.9 Å². The van der Waals surface area contributed by atoms with E-state index in [9.17, 15) is 4.79 Å². The highest BCUT2D eigenvalue weighted by atomic mass is 16.2. The largest absolute Gasteiger partial charge is 0.338 e. The molecule has 0 spiro atoms. The van der Waals surface area contributed by atoms with E-state index in [0.717, 1.165) is 13.0 Å². The first-order valence-corrected chi connectivity index (χ1v) is 7.27. The molecular weight excluding hydrogens is 264 g/mol. The normalized spacial score (nSPS) is 11.9. The highest BCUT2D eigenvalue weighted by Gasteiger charge is 2.06. The van der Waals surface area contributed by atoms with Crippen LogP contribution in [0.5, 0.6) is 0 Å². The van der Waals surface area contributed by atoms with E-state index in [0.29, 0.717) is 19.0 Å². The van der Waals surface area contributed by atoms with Crippen molar-refractivity contribution in [3.05, 3.63) is 54.4 Å². The second-order valence-electron chi connectivity index (χ2n) is 5.21. The topological polar surface area (TPSA) is 59.0 Å². The van der Waals surface area contributed by atoms with Crippen molar-refractivity contribution in [2.24, 2.45) is 5.92 Å². The number of nitrogens with one attached hydrogen (secondary N) is 2. The number of carbonyl (C=O) groups excluding carboxylic acids is 1. The van der Waals surface area contributed by atoms with Gasteiger partial charge in [0.25, 0.3) is 0 Å². The van der Waals surface area contributed by atoms with Crippen molar-refractivity contribution < 1.29 is 4.79 Å². The number of aromatic nitrogens is 2. The summed E-state index contributed by atoms with van der Waals surface area (Å²) < 4.78 is 1.87. The summed E-state index contributed by atoms with van der Waals surface area (Å²) in [5.74, 6) is 0.338. The molecule has 2 amide bonds. The van der Waals surface area contributed by atoms with Gasteiger partial charge in [0.2, 0.25) is 0 Å². The van der Waals surface area contributed by atoms with E-state index in [2.05, 4.69) is 34.8 Å². The molecule has 0 fully saturated rings. The molecule has 1 aromatic heterocycles. The van der Waals surface area contributed by atoms with E-state index in [1.807, 2.05) is 35.1 Å². The molecule has 0 aliphatic rings. The Kier molecular flexibility index (Phi) is 5.82. The maximum atomic E-state index is 11.7. The number of nitrogens with zero attached hydrogens (tertiary/aromatic N) is 2. The number of rotatable bonds is 7. The van der Waals surface area contributed by atoms with Gasteiger partial charge in [-0.15, -0.1) is 0 Å². The molecule has 2 N–H and O–H groups in total. The summed E-state index contributed by atoms with van der Waals surface area (Å²) in [4.78, 5) is 11.7. The lowest BCUT2D eigenvalue weighted by atomic mass is 10.1. The van der Waals surface area contributed by atoms with Crippen LogP contribution in [0, 0.1) is 5.92 Å². The second kappa shape index (κ2) is 8.09. The lowest BCUT2D eigenvalue weighted by Crippen LogP contribution is -2.39. The third kappa shape index (κ3) is 5.69. The third-order valence-electron chi connectivity index (χ3n) is 3.21. The van der Waals surface area contributed by atoms with Crippen LogP contribution in [0.4, 0.5) is 4.79 Å². The number of benzene rings is 1. The molecule has 0 aliphatic carbocycles. The number of hydrogen-bond donors (Lipinski definition) is 2. The molecule has 0 saturated heterocycles. The van der Waals surface area contributed by atoms with Crippen molar-refractivity contribution in [1.82, 2.24) is 20.4 Å².